The van der Waals surface area contributed by atoms with Gasteiger partial charge in [0, 0.05) is 24.3 Å². The molecule has 1 amide bonds. The Bertz CT molecular complexity index is 807. The number of hydrogen-bond donors (Lipinski definition) is 0. The van der Waals surface area contributed by atoms with Gasteiger partial charge in [0.15, 0.2) is 9.84 Å². The summed E-state index contributed by atoms with van der Waals surface area (Å²) < 4.78 is 25.3. The van der Waals surface area contributed by atoms with Gasteiger partial charge in [0.1, 0.15) is 5.69 Å². The lowest BCUT2D eigenvalue weighted by Crippen LogP contribution is -2.32. The monoisotopic (exact) mass is 350 g/mol. The second kappa shape index (κ2) is 6.29. The van der Waals surface area contributed by atoms with E-state index in [1.807, 2.05) is 0 Å². The van der Waals surface area contributed by atoms with Crippen molar-refractivity contribution in [3.8, 4) is 0 Å². The summed E-state index contributed by atoms with van der Waals surface area (Å²) in [4.78, 5) is 18.2. The van der Waals surface area contributed by atoms with Crippen LogP contribution in [0.15, 0.2) is 53.6 Å². The molecular weight excluding hydrogens is 336 g/mol. The number of rotatable bonds is 3. The van der Waals surface area contributed by atoms with E-state index in [-0.39, 0.29) is 17.3 Å². The molecule has 0 bridgehead atoms. The maximum absolute atomic E-state index is 12.7. The number of benzene rings is 1. The molecule has 1 saturated heterocycles. The number of pyridine rings is 1. The van der Waals surface area contributed by atoms with Crippen LogP contribution in [0.5, 0.6) is 0 Å². The first-order valence-corrected chi connectivity index (χ1v) is 9.10. The first-order valence-electron chi connectivity index (χ1n) is 7.18. The number of amides is 1. The van der Waals surface area contributed by atoms with Crippen LogP contribution in [0.2, 0.25) is 5.02 Å². The molecule has 0 aliphatic carbocycles. The van der Waals surface area contributed by atoms with Gasteiger partial charge < -0.3 is 4.90 Å². The summed E-state index contributed by atoms with van der Waals surface area (Å²) in [6, 6.07) is 11.2. The number of carbonyl (C=O) groups excluding carboxylic acids is 1. The summed E-state index contributed by atoms with van der Waals surface area (Å²) in [6.07, 6.45) is 1.97. The van der Waals surface area contributed by atoms with Crippen molar-refractivity contribution < 1.29 is 13.2 Å². The number of aromatic nitrogens is 1. The van der Waals surface area contributed by atoms with Crippen molar-refractivity contribution in [2.24, 2.45) is 0 Å². The van der Waals surface area contributed by atoms with Gasteiger partial charge in [-0.25, -0.2) is 8.42 Å². The minimum Gasteiger partial charge on any atom is -0.336 e. The lowest BCUT2D eigenvalue weighted by atomic mass is 10.3. The van der Waals surface area contributed by atoms with Crippen molar-refractivity contribution in [3.05, 3.63) is 59.4 Å². The van der Waals surface area contributed by atoms with Crippen LogP contribution in [0.4, 0.5) is 0 Å². The fourth-order valence-corrected chi connectivity index (χ4v) is 4.45. The van der Waals surface area contributed by atoms with E-state index in [1.54, 1.807) is 41.4 Å². The lowest BCUT2D eigenvalue weighted by Gasteiger charge is -2.16. The highest BCUT2D eigenvalue weighted by Gasteiger charge is 2.36. The Morgan fingerprint density at radius 1 is 1.17 bits per heavy atom. The van der Waals surface area contributed by atoms with Gasteiger partial charge in [-0.15, -0.1) is 0 Å². The molecule has 1 unspecified atom stereocenters. The van der Waals surface area contributed by atoms with E-state index in [1.165, 1.54) is 12.1 Å². The van der Waals surface area contributed by atoms with E-state index < -0.39 is 15.1 Å². The van der Waals surface area contributed by atoms with Crippen molar-refractivity contribution in [1.29, 1.82) is 0 Å². The summed E-state index contributed by atoms with van der Waals surface area (Å²) in [7, 11) is -3.48. The lowest BCUT2D eigenvalue weighted by molar-refractivity contribution is 0.0787. The number of likely N-dealkylation sites (tertiary alicyclic amines) is 1. The molecule has 0 spiro atoms. The van der Waals surface area contributed by atoms with Gasteiger partial charge in [-0.05, 0) is 42.8 Å². The van der Waals surface area contributed by atoms with Gasteiger partial charge >= 0.3 is 0 Å². The minimum atomic E-state index is -3.48. The molecule has 2 aromatic rings. The molecule has 7 heteroatoms. The average Bonchev–Trinajstić information content (AvgIpc) is 3.06. The first-order chi connectivity index (χ1) is 11.0. The Morgan fingerprint density at radius 2 is 1.91 bits per heavy atom. The normalized spacial score (nSPS) is 18.1. The number of halogens is 1. The Morgan fingerprint density at radius 3 is 2.57 bits per heavy atom. The molecule has 1 atom stereocenters. The predicted octanol–water partition coefficient (Wildman–Crippen LogP) is 2.42. The summed E-state index contributed by atoms with van der Waals surface area (Å²) in [5, 5.41) is -0.112. The maximum Gasteiger partial charge on any atom is 0.272 e. The fraction of sp³-hybridized carbons (Fsp3) is 0.250. The van der Waals surface area contributed by atoms with E-state index in [4.69, 9.17) is 11.6 Å². The van der Waals surface area contributed by atoms with E-state index >= 15 is 0 Å². The van der Waals surface area contributed by atoms with Crippen molar-refractivity contribution >= 4 is 27.3 Å². The number of carbonyl (C=O) groups is 1. The molecule has 1 aliphatic heterocycles. The Kier molecular flexibility index (Phi) is 4.37. The number of hydrogen-bond acceptors (Lipinski definition) is 4. The van der Waals surface area contributed by atoms with Gasteiger partial charge in [0.05, 0.1) is 10.1 Å². The van der Waals surface area contributed by atoms with Crippen LogP contribution in [0, 0.1) is 0 Å². The predicted molar refractivity (Wildman–Crippen MR) is 87.2 cm³/mol. The second-order valence-corrected chi connectivity index (χ2v) is 8.04. The topological polar surface area (TPSA) is 67.3 Å². The molecule has 23 heavy (non-hydrogen) atoms. The largest absolute Gasteiger partial charge is 0.336 e. The molecule has 0 N–H and O–H groups in total. The standard InChI is InChI=1S/C16H15ClN2O3S/c17-12-4-6-13(7-5-12)23(21,22)14-8-10-19(11-14)16(20)15-3-1-2-9-18-15/h1-7,9,14H,8,10-11H2. The molecule has 1 aliphatic rings. The zero-order valence-corrected chi connectivity index (χ0v) is 13.8. The highest BCUT2D eigenvalue weighted by atomic mass is 35.5. The second-order valence-electron chi connectivity index (χ2n) is 5.38. The quantitative estimate of drug-likeness (QED) is 0.852. The van der Waals surface area contributed by atoms with E-state index in [0.717, 1.165) is 0 Å². The van der Waals surface area contributed by atoms with Gasteiger partial charge in [-0.1, -0.05) is 17.7 Å². The molecule has 1 fully saturated rings. The first kappa shape index (κ1) is 16.0. The summed E-state index contributed by atoms with van der Waals surface area (Å²) >= 11 is 5.80. The van der Waals surface area contributed by atoms with Crippen LogP contribution in [-0.2, 0) is 9.84 Å². The van der Waals surface area contributed by atoms with Crippen LogP contribution in [0.25, 0.3) is 0 Å². The van der Waals surface area contributed by atoms with Gasteiger partial charge in [-0.3, -0.25) is 9.78 Å². The molecular formula is C16H15ClN2O3S. The minimum absolute atomic E-state index is 0.181. The molecule has 2 heterocycles. The molecule has 5 nitrogen and oxygen atoms in total. The molecule has 1 aromatic heterocycles. The molecule has 1 aromatic carbocycles. The summed E-state index contributed by atoms with van der Waals surface area (Å²) in [6.45, 7) is 0.591. The number of sulfone groups is 1. The molecule has 120 valence electrons. The third-order valence-electron chi connectivity index (χ3n) is 3.90. The SMILES string of the molecule is O=C(c1ccccn1)N1CCC(S(=O)(=O)c2ccc(Cl)cc2)C1. The Hall–Kier alpha value is -1.92. The zero-order valence-electron chi connectivity index (χ0n) is 12.2. The van der Waals surface area contributed by atoms with E-state index in [9.17, 15) is 13.2 Å². The molecule has 0 radical (unpaired) electrons. The highest BCUT2D eigenvalue weighted by molar-refractivity contribution is 7.92. The van der Waals surface area contributed by atoms with E-state index in [2.05, 4.69) is 4.98 Å². The smallest absolute Gasteiger partial charge is 0.272 e. The Labute approximate surface area is 139 Å². The molecule has 0 saturated carbocycles. The fourth-order valence-electron chi connectivity index (χ4n) is 2.63. The van der Waals surface area contributed by atoms with Crippen LogP contribution in [0.1, 0.15) is 16.9 Å². The Balaban J connectivity index is 1.77. The van der Waals surface area contributed by atoms with Crippen LogP contribution in [-0.4, -0.2) is 42.5 Å². The maximum atomic E-state index is 12.7. The van der Waals surface area contributed by atoms with Gasteiger partial charge in [0.25, 0.3) is 5.91 Å². The van der Waals surface area contributed by atoms with Crippen LogP contribution >= 0.6 is 11.6 Å². The van der Waals surface area contributed by atoms with Gasteiger partial charge in [-0.2, -0.15) is 0 Å². The van der Waals surface area contributed by atoms with Crippen molar-refractivity contribution in [2.75, 3.05) is 13.1 Å². The highest BCUT2D eigenvalue weighted by Crippen LogP contribution is 2.25. The number of nitrogens with zero attached hydrogens (tertiary/aromatic N) is 2. The third kappa shape index (κ3) is 3.23. The van der Waals surface area contributed by atoms with Crippen molar-refractivity contribution in [1.82, 2.24) is 9.88 Å². The van der Waals surface area contributed by atoms with Crippen molar-refractivity contribution in [3.63, 3.8) is 0 Å². The van der Waals surface area contributed by atoms with Crippen molar-refractivity contribution in [2.45, 2.75) is 16.6 Å². The third-order valence-corrected chi connectivity index (χ3v) is 6.34. The average molecular weight is 351 g/mol. The molecule has 3 rings (SSSR count). The van der Waals surface area contributed by atoms with Crippen LogP contribution in [0.3, 0.4) is 0 Å². The van der Waals surface area contributed by atoms with Gasteiger partial charge in [0.2, 0.25) is 0 Å². The van der Waals surface area contributed by atoms with Crippen LogP contribution < -0.4 is 0 Å². The van der Waals surface area contributed by atoms with E-state index in [0.29, 0.717) is 23.7 Å². The summed E-state index contributed by atoms with van der Waals surface area (Å²) in [5.74, 6) is -0.237. The summed E-state index contributed by atoms with van der Waals surface area (Å²) in [5.41, 5.74) is 0.331. The zero-order chi connectivity index (χ0) is 16.4.